The average Bonchev–Trinajstić information content (AvgIpc) is 2.43. The molecule has 22 heavy (non-hydrogen) atoms. The molecule has 120 valence electrons. The van der Waals surface area contributed by atoms with Crippen LogP contribution in [0.2, 0.25) is 0 Å². The van der Waals surface area contributed by atoms with Crippen LogP contribution in [0.5, 0.6) is 0 Å². The molecule has 1 unspecified atom stereocenters. The van der Waals surface area contributed by atoms with E-state index in [-0.39, 0.29) is 24.4 Å². The fraction of sp³-hybridized carbons (Fsp3) is 0.467. The summed E-state index contributed by atoms with van der Waals surface area (Å²) >= 11 is 0. The van der Waals surface area contributed by atoms with E-state index in [0.717, 1.165) is 10.6 Å². The molecule has 1 N–H and O–H groups in total. The highest BCUT2D eigenvalue weighted by molar-refractivity contribution is 7.92. The van der Waals surface area contributed by atoms with E-state index < -0.39 is 10.0 Å². The minimum Gasteiger partial charge on any atom is -0.352 e. The number of anilines is 1. The second kappa shape index (κ2) is 7.27. The Balaban J connectivity index is 3.01. The number of benzene rings is 1. The molecule has 1 atom stereocenters. The summed E-state index contributed by atoms with van der Waals surface area (Å²) in [5.74, 6) is -0.133. The maximum Gasteiger partial charge on any atom is 0.240 e. The molecule has 0 saturated heterocycles. The Morgan fingerprint density at radius 3 is 2.50 bits per heavy atom. The summed E-state index contributed by atoms with van der Waals surface area (Å²) < 4.78 is 24.9. The van der Waals surface area contributed by atoms with Gasteiger partial charge in [-0.1, -0.05) is 19.9 Å². The predicted octanol–water partition coefficient (Wildman–Crippen LogP) is 1.48. The lowest BCUT2D eigenvalue weighted by Gasteiger charge is -2.24. The van der Waals surface area contributed by atoms with Crippen LogP contribution in [-0.2, 0) is 14.8 Å². The van der Waals surface area contributed by atoms with E-state index in [1.807, 2.05) is 26.8 Å². The zero-order valence-corrected chi connectivity index (χ0v) is 14.0. The second-order valence-electron chi connectivity index (χ2n) is 5.53. The quantitative estimate of drug-likeness (QED) is 0.858. The van der Waals surface area contributed by atoms with Crippen LogP contribution in [0.1, 0.15) is 26.3 Å². The molecule has 0 bridgehead atoms. The van der Waals surface area contributed by atoms with Crippen molar-refractivity contribution >= 4 is 21.6 Å². The lowest BCUT2D eigenvalue weighted by atomic mass is 10.1. The van der Waals surface area contributed by atoms with Gasteiger partial charge in [-0.3, -0.25) is 9.10 Å². The standard InChI is InChI=1S/C15H21N3O3S/c1-11(2)12(3)17-15(19)10-18(22(4,20)21)14-7-5-6-13(8-14)9-16/h5-8,11-12H,10H2,1-4H3,(H,17,19). The van der Waals surface area contributed by atoms with Crippen molar-refractivity contribution in [2.24, 2.45) is 5.92 Å². The number of nitriles is 1. The molecule has 0 fully saturated rings. The first-order valence-corrected chi connectivity index (χ1v) is 8.77. The maximum absolute atomic E-state index is 12.1. The number of carbonyl (C=O) groups is 1. The number of amides is 1. The van der Waals surface area contributed by atoms with E-state index in [0.29, 0.717) is 11.3 Å². The molecule has 1 aromatic carbocycles. The third-order valence-electron chi connectivity index (χ3n) is 3.34. The van der Waals surface area contributed by atoms with Crippen molar-refractivity contribution in [3.05, 3.63) is 29.8 Å². The fourth-order valence-electron chi connectivity index (χ4n) is 1.73. The Labute approximate surface area is 131 Å². The molecule has 1 aromatic rings. The van der Waals surface area contributed by atoms with E-state index in [9.17, 15) is 13.2 Å². The summed E-state index contributed by atoms with van der Waals surface area (Å²) in [4.78, 5) is 12.1. The summed E-state index contributed by atoms with van der Waals surface area (Å²) in [5, 5.41) is 11.7. The topological polar surface area (TPSA) is 90.3 Å². The number of rotatable bonds is 6. The van der Waals surface area contributed by atoms with Gasteiger partial charge in [-0.25, -0.2) is 8.42 Å². The number of carbonyl (C=O) groups excluding carboxylic acids is 1. The largest absolute Gasteiger partial charge is 0.352 e. The maximum atomic E-state index is 12.1. The zero-order valence-electron chi connectivity index (χ0n) is 13.2. The first-order chi connectivity index (χ1) is 10.1. The molecule has 7 heteroatoms. The van der Waals surface area contributed by atoms with Crippen LogP contribution in [0, 0.1) is 17.2 Å². The van der Waals surface area contributed by atoms with Crippen molar-refractivity contribution in [1.29, 1.82) is 5.26 Å². The lowest BCUT2D eigenvalue weighted by molar-refractivity contribution is -0.120. The van der Waals surface area contributed by atoms with Crippen molar-refractivity contribution < 1.29 is 13.2 Å². The van der Waals surface area contributed by atoms with Gasteiger partial charge in [-0.15, -0.1) is 0 Å². The Kier molecular flexibility index (Phi) is 5.94. The number of nitrogens with zero attached hydrogens (tertiary/aromatic N) is 2. The van der Waals surface area contributed by atoms with Gasteiger partial charge in [0.1, 0.15) is 6.54 Å². The lowest BCUT2D eigenvalue weighted by Crippen LogP contribution is -2.44. The highest BCUT2D eigenvalue weighted by atomic mass is 32.2. The molecule has 0 aliphatic rings. The molecular weight excluding hydrogens is 302 g/mol. The van der Waals surface area contributed by atoms with Gasteiger partial charge in [0, 0.05) is 6.04 Å². The molecule has 0 saturated carbocycles. The summed E-state index contributed by atoms with van der Waals surface area (Å²) in [6.45, 7) is 5.49. The van der Waals surface area contributed by atoms with Gasteiger partial charge in [0.25, 0.3) is 0 Å². The molecule has 0 aliphatic heterocycles. The molecule has 0 spiro atoms. The number of hydrogen-bond donors (Lipinski definition) is 1. The monoisotopic (exact) mass is 323 g/mol. The Morgan fingerprint density at radius 1 is 1.36 bits per heavy atom. The van der Waals surface area contributed by atoms with Crippen LogP contribution in [0.15, 0.2) is 24.3 Å². The Hall–Kier alpha value is -2.07. The smallest absolute Gasteiger partial charge is 0.240 e. The van der Waals surface area contributed by atoms with E-state index in [1.54, 1.807) is 18.2 Å². The van der Waals surface area contributed by atoms with E-state index >= 15 is 0 Å². The van der Waals surface area contributed by atoms with Gasteiger partial charge in [-0.05, 0) is 31.0 Å². The van der Waals surface area contributed by atoms with Crippen LogP contribution < -0.4 is 9.62 Å². The highest BCUT2D eigenvalue weighted by Gasteiger charge is 2.22. The van der Waals surface area contributed by atoms with Crippen LogP contribution >= 0.6 is 0 Å². The predicted molar refractivity (Wildman–Crippen MR) is 85.8 cm³/mol. The minimum absolute atomic E-state index is 0.0562. The molecule has 6 nitrogen and oxygen atoms in total. The Morgan fingerprint density at radius 2 is 2.00 bits per heavy atom. The van der Waals surface area contributed by atoms with Gasteiger partial charge >= 0.3 is 0 Å². The fourth-order valence-corrected chi connectivity index (χ4v) is 2.58. The molecule has 0 aromatic heterocycles. The molecule has 0 heterocycles. The van der Waals surface area contributed by atoms with Crippen LogP contribution in [0.4, 0.5) is 5.69 Å². The van der Waals surface area contributed by atoms with Crippen molar-refractivity contribution in [1.82, 2.24) is 5.32 Å². The highest BCUT2D eigenvalue weighted by Crippen LogP contribution is 2.18. The number of sulfonamides is 1. The second-order valence-corrected chi connectivity index (χ2v) is 7.44. The van der Waals surface area contributed by atoms with Crippen LogP contribution in [0.25, 0.3) is 0 Å². The minimum atomic E-state index is -3.63. The normalized spacial score (nSPS) is 12.5. The van der Waals surface area contributed by atoms with E-state index in [1.165, 1.54) is 6.07 Å². The SMILES string of the molecule is CC(C)C(C)NC(=O)CN(c1cccc(C#N)c1)S(C)(=O)=O. The van der Waals surface area contributed by atoms with Crippen molar-refractivity contribution in [3.8, 4) is 6.07 Å². The number of nitrogens with one attached hydrogen (secondary N) is 1. The van der Waals surface area contributed by atoms with Crippen molar-refractivity contribution in [3.63, 3.8) is 0 Å². The van der Waals surface area contributed by atoms with Crippen molar-refractivity contribution in [2.45, 2.75) is 26.8 Å². The summed E-state index contributed by atoms with van der Waals surface area (Å²) in [5.41, 5.74) is 0.635. The van der Waals surface area contributed by atoms with Gasteiger partial charge in [0.05, 0.1) is 23.6 Å². The van der Waals surface area contributed by atoms with E-state index in [4.69, 9.17) is 5.26 Å². The van der Waals surface area contributed by atoms with Crippen LogP contribution in [0.3, 0.4) is 0 Å². The zero-order chi connectivity index (χ0) is 16.9. The average molecular weight is 323 g/mol. The third-order valence-corrected chi connectivity index (χ3v) is 4.48. The summed E-state index contributed by atoms with van der Waals surface area (Å²) in [6, 6.07) is 8.06. The summed E-state index contributed by atoms with van der Waals surface area (Å²) in [6.07, 6.45) is 1.03. The Bertz CT molecular complexity index is 678. The van der Waals surface area contributed by atoms with E-state index in [2.05, 4.69) is 5.32 Å². The van der Waals surface area contributed by atoms with Gasteiger partial charge in [-0.2, -0.15) is 5.26 Å². The first kappa shape index (κ1) is 18.0. The molecule has 1 amide bonds. The molecule has 1 rings (SSSR count). The van der Waals surface area contributed by atoms with Crippen LogP contribution in [-0.4, -0.2) is 33.2 Å². The molecular formula is C15H21N3O3S. The summed E-state index contributed by atoms with van der Waals surface area (Å²) in [7, 11) is -3.63. The first-order valence-electron chi connectivity index (χ1n) is 6.92. The van der Waals surface area contributed by atoms with Crippen molar-refractivity contribution in [2.75, 3.05) is 17.1 Å². The van der Waals surface area contributed by atoms with Gasteiger partial charge in [0.15, 0.2) is 0 Å². The van der Waals surface area contributed by atoms with Gasteiger partial charge in [0.2, 0.25) is 15.9 Å². The number of hydrogen-bond acceptors (Lipinski definition) is 4. The molecule has 0 aliphatic carbocycles. The third kappa shape index (κ3) is 5.04. The molecule has 0 radical (unpaired) electrons. The van der Waals surface area contributed by atoms with Gasteiger partial charge < -0.3 is 5.32 Å².